The number of benzene rings is 1. The summed E-state index contributed by atoms with van der Waals surface area (Å²) >= 11 is 0. The van der Waals surface area contributed by atoms with E-state index in [9.17, 15) is 0 Å². The summed E-state index contributed by atoms with van der Waals surface area (Å²) in [5.74, 6) is 1.82. The van der Waals surface area contributed by atoms with Crippen LogP contribution in [0, 0.1) is 5.92 Å². The van der Waals surface area contributed by atoms with Gasteiger partial charge < -0.3 is 10.1 Å². The molecule has 0 aliphatic heterocycles. The van der Waals surface area contributed by atoms with Crippen LogP contribution in [0.25, 0.3) is 0 Å². The summed E-state index contributed by atoms with van der Waals surface area (Å²) in [4.78, 5) is 0. The van der Waals surface area contributed by atoms with Crippen LogP contribution in [0.5, 0.6) is 5.75 Å². The largest absolute Gasteiger partial charge is 0.497 e. The Bertz CT molecular complexity index is 402. The van der Waals surface area contributed by atoms with Gasteiger partial charge in [0.25, 0.3) is 0 Å². The molecule has 98 valence electrons. The van der Waals surface area contributed by atoms with Crippen molar-refractivity contribution in [2.45, 2.75) is 44.1 Å². The van der Waals surface area contributed by atoms with Gasteiger partial charge in [0.2, 0.25) is 0 Å². The molecule has 0 heterocycles. The van der Waals surface area contributed by atoms with Crippen LogP contribution in [0.15, 0.2) is 24.3 Å². The zero-order valence-corrected chi connectivity index (χ0v) is 11.4. The highest BCUT2D eigenvalue weighted by Crippen LogP contribution is 2.47. The molecule has 2 saturated carbocycles. The van der Waals surface area contributed by atoms with Gasteiger partial charge in [-0.15, -0.1) is 0 Å². The molecule has 0 radical (unpaired) electrons. The first-order valence-corrected chi connectivity index (χ1v) is 7.10. The monoisotopic (exact) mass is 245 g/mol. The minimum absolute atomic E-state index is 0.383. The first-order valence-electron chi connectivity index (χ1n) is 7.10. The standard InChI is InChI=1S/C16H23NO/c1-12-9-16(10-12,11-17-14-5-6-14)13-3-7-15(18-2)8-4-13/h3-4,7-8,12,14,17H,5-6,9-11H2,1-2H3. The van der Waals surface area contributed by atoms with E-state index in [2.05, 4.69) is 36.5 Å². The molecule has 0 amide bonds. The van der Waals surface area contributed by atoms with Crippen molar-refractivity contribution in [1.29, 1.82) is 0 Å². The number of methoxy groups -OCH3 is 1. The Morgan fingerprint density at radius 2 is 1.89 bits per heavy atom. The Morgan fingerprint density at radius 1 is 1.22 bits per heavy atom. The summed E-state index contributed by atoms with van der Waals surface area (Å²) in [6, 6.07) is 9.49. The number of hydrogen-bond acceptors (Lipinski definition) is 2. The van der Waals surface area contributed by atoms with Gasteiger partial charge in [0.1, 0.15) is 5.75 Å². The summed E-state index contributed by atoms with van der Waals surface area (Å²) in [6.07, 6.45) is 5.38. The molecule has 0 spiro atoms. The molecule has 0 aromatic heterocycles. The van der Waals surface area contributed by atoms with Gasteiger partial charge in [-0.2, -0.15) is 0 Å². The number of nitrogens with one attached hydrogen (secondary N) is 1. The van der Waals surface area contributed by atoms with Crippen LogP contribution >= 0.6 is 0 Å². The predicted octanol–water partition coefficient (Wildman–Crippen LogP) is 3.11. The lowest BCUT2D eigenvalue weighted by Gasteiger charge is -2.47. The molecule has 2 nitrogen and oxygen atoms in total. The maximum atomic E-state index is 5.25. The van der Waals surface area contributed by atoms with Crippen molar-refractivity contribution in [3.8, 4) is 5.75 Å². The number of rotatable bonds is 5. The van der Waals surface area contributed by atoms with Gasteiger partial charge in [0.15, 0.2) is 0 Å². The molecule has 3 rings (SSSR count). The quantitative estimate of drug-likeness (QED) is 0.860. The van der Waals surface area contributed by atoms with E-state index in [-0.39, 0.29) is 0 Å². The van der Waals surface area contributed by atoms with Crippen molar-refractivity contribution in [1.82, 2.24) is 5.32 Å². The zero-order chi connectivity index (χ0) is 12.6. The van der Waals surface area contributed by atoms with Crippen LogP contribution in [0.4, 0.5) is 0 Å². The normalized spacial score (nSPS) is 30.9. The third-order valence-corrected chi connectivity index (χ3v) is 4.49. The topological polar surface area (TPSA) is 21.3 Å². The number of ether oxygens (including phenoxy) is 1. The Morgan fingerprint density at radius 3 is 2.39 bits per heavy atom. The Labute approximate surface area is 110 Å². The van der Waals surface area contributed by atoms with Crippen molar-refractivity contribution in [2.24, 2.45) is 5.92 Å². The molecule has 2 fully saturated rings. The lowest BCUT2D eigenvalue weighted by atomic mass is 9.59. The molecule has 1 aromatic carbocycles. The van der Waals surface area contributed by atoms with Crippen molar-refractivity contribution in [2.75, 3.05) is 13.7 Å². The Kier molecular flexibility index (Phi) is 3.06. The molecule has 0 saturated heterocycles. The minimum Gasteiger partial charge on any atom is -0.497 e. The van der Waals surface area contributed by atoms with Crippen LogP contribution in [0.1, 0.15) is 38.2 Å². The molecule has 0 unspecified atom stereocenters. The molecule has 0 atom stereocenters. The van der Waals surface area contributed by atoms with Gasteiger partial charge in [-0.3, -0.25) is 0 Å². The highest BCUT2D eigenvalue weighted by atomic mass is 16.5. The third-order valence-electron chi connectivity index (χ3n) is 4.49. The van der Waals surface area contributed by atoms with Crippen molar-refractivity contribution in [3.63, 3.8) is 0 Å². The maximum absolute atomic E-state index is 5.25. The van der Waals surface area contributed by atoms with E-state index in [1.807, 2.05) is 0 Å². The van der Waals surface area contributed by atoms with Gasteiger partial charge in [-0.25, -0.2) is 0 Å². The molecule has 2 aliphatic rings. The van der Waals surface area contributed by atoms with E-state index in [0.717, 1.165) is 24.3 Å². The zero-order valence-electron chi connectivity index (χ0n) is 11.4. The molecular weight excluding hydrogens is 222 g/mol. The Balaban J connectivity index is 1.74. The first kappa shape index (κ1) is 12.0. The third kappa shape index (κ3) is 2.26. The van der Waals surface area contributed by atoms with Gasteiger partial charge in [-0.05, 0) is 49.3 Å². The van der Waals surface area contributed by atoms with Crippen LogP contribution in [0.2, 0.25) is 0 Å². The van der Waals surface area contributed by atoms with E-state index in [0.29, 0.717) is 5.41 Å². The smallest absolute Gasteiger partial charge is 0.118 e. The predicted molar refractivity (Wildman–Crippen MR) is 74.1 cm³/mol. The molecule has 18 heavy (non-hydrogen) atoms. The Hall–Kier alpha value is -1.02. The summed E-state index contributed by atoms with van der Waals surface area (Å²) < 4.78 is 5.25. The van der Waals surface area contributed by atoms with Gasteiger partial charge in [0, 0.05) is 18.0 Å². The fourth-order valence-corrected chi connectivity index (χ4v) is 3.33. The average Bonchev–Trinajstić information content (AvgIpc) is 3.17. The SMILES string of the molecule is COc1ccc(C2(CNC3CC3)CC(C)C2)cc1. The summed E-state index contributed by atoms with van der Waals surface area (Å²) in [7, 11) is 1.73. The molecule has 1 aromatic rings. The van der Waals surface area contributed by atoms with E-state index in [4.69, 9.17) is 4.74 Å². The highest BCUT2D eigenvalue weighted by Gasteiger charge is 2.43. The molecule has 2 aliphatic carbocycles. The number of hydrogen-bond donors (Lipinski definition) is 1. The van der Waals surface area contributed by atoms with Gasteiger partial charge in [0.05, 0.1) is 7.11 Å². The van der Waals surface area contributed by atoms with Crippen molar-refractivity contribution < 1.29 is 4.74 Å². The van der Waals surface area contributed by atoms with E-state index < -0.39 is 0 Å². The fraction of sp³-hybridized carbons (Fsp3) is 0.625. The summed E-state index contributed by atoms with van der Waals surface area (Å²) in [5.41, 5.74) is 1.86. The first-order chi connectivity index (χ1) is 8.72. The van der Waals surface area contributed by atoms with Gasteiger partial charge in [-0.1, -0.05) is 19.1 Å². The second-order valence-electron chi connectivity index (χ2n) is 6.18. The fourth-order valence-electron chi connectivity index (χ4n) is 3.33. The maximum Gasteiger partial charge on any atom is 0.118 e. The van der Waals surface area contributed by atoms with Crippen LogP contribution in [-0.2, 0) is 5.41 Å². The minimum atomic E-state index is 0.383. The van der Waals surface area contributed by atoms with Crippen LogP contribution in [0.3, 0.4) is 0 Å². The van der Waals surface area contributed by atoms with E-state index in [1.165, 1.54) is 31.2 Å². The van der Waals surface area contributed by atoms with Gasteiger partial charge >= 0.3 is 0 Å². The average molecular weight is 245 g/mol. The van der Waals surface area contributed by atoms with Crippen LogP contribution in [-0.4, -0.2) is 19.7 Å². The van der Waals surface area contributed by atoms with Crippen LogP contribution < -0.4 is 10.1 Å². The van der Waals surface area contributed by atoms with Crippen molar-refractivity contribution >= 4 is 0 Å². The summed E-state index contributed by atoms with van der Waals surface area (Å²) in [5, 5.41) is 3.72. The molecular formula is C16H23NO. The van der Waals surface area contributed by atoms with E-state index in [1.54, 1.807) is 7.11 Å². The van der Waals surface area contributed by atoms with E-state index >= 15 is 0 Å². The lowest BCUT2D eigenvalue weighted by Crippen LogP contribution is -2.48. The molecule has 2 heteroatoms. The second-order valence-corrected chi connectivity index (χ2v) is 6.18. The lowest BCUT2D eigenvalue weighted by molar-refractivity contribution is 0.152. The molecule has 1 N–H and O–H groups in total. The van der Waals surface area contributed by atoms with Crippen molar-refractivity contribution in [3.05, 3.63) is 29.8 Å². The molecule has 0 bridgehead atoms. The highest BCUT2D eigenvalue weighted by molar-refractivity contribution is 5.35. The second kappa shape index (κ2) is 4.58. The summed E-state index contributed by atoms with van der Waals surface area (Å²) in [6.45, 7) is 3.51.